The average molecular weight is 427 g/mol. The zero-order valence-corrected chi connectivity index (χ0v) is 17.9. The number of sulfonamides is 2. The SMILES string of the molecule is CCN(CC)S(=O)(=O)c1ccc(CCNS(=O)(=O)c2ccc(OC)cc2)cc1. The van der Waals surface area contributed by atoms with Gasteiger partial charge in [-0.15, -0.1) is 0 Å². The fourth-order valence-corrected chi connectivity index (χ4v) is 5.20. The van der Waals surface area contributed by atoms with E-state index in [9.17, 15) is 16.8 Å². The van der Waals surface area contributed by atoms with Crippen LogP contribution in [-0.4, -0.2) is 47.9 Å². The smallest absolute Gasteiger partial charge is 0.243 e. The van der Waals surface area contributed by atoms with E-state index in [1.807, 2.05) is 0 Å². The van der Waals surface area contributed by atoms with Gasteiger partial charge in [0.25, 0.3) is 0 Å². The van der Waals surface area contributed by atoms with Crippen molar-refractivity contribution in [3.05, 3.63) is 54.1 Å². The summed E-state index contributed by atoms with van der Waals surface area (Å²) >= 11 is 0. The Labute approximate surface area is 167 Å². The quantitative estimate of drug-likeness (QED) is 0.629. The van der Waals surface area contributed by atoms with Crippen molar-refractivity contribution in [3.63, 3.8) is 0 Å². The van der Waals surface area contributed by atoms with Crippen LogP contribution in [-0.2, 0) is 26.5 Å². The zero-order valence-electron chi connectivity index (χ0n) is 16.3. The molecule has 0 heterocycles. The molecule has 0 saturated carbocycles. The summed E-state index contributed by atoms with van der Waals surface area (Å²) < 4.78 is 58.5. The van der Waals surface area contributed by atoms with Crippen molar-refractivity contribution < 1.29 is 21.6 Å². The third-order valence-electron chi connectivity index (χ3n) is 4.34. The number of methoxy groups -OCH3 is 1. The van der Waals surface area contributed by atoms with Gasteiger partial charge in [-0.3, -0.25) is 0 Å². The summed E-state index contributed by atoms with van der Waals surface area (Å²) in [4.78, 5) is 0.396. The summed E-state index contributed by atoms with van der Waals surface area (Å²) in [6, 6.07) is 12.7. The Morgan fingerprint density at radius 2 is 1.39 bits per heavy atom. The maximum Gasteiger partial charge on any atom is 0.243 e. The van der Waals surface area contributed by atoms with Gasteiger partial charge in [-0.05, 0) is 48.4 Å². The van der Waals surface area contributed by atoms with E-state index < -0.39 is 20.0 Å². The van der Waals surface area contributed by atoms with Gasteiger partial charge in [-0.25, -0.2) is 21.6 Å². The summed E-state index contributed by atoms with van der Waals surface area (Å²) in [6.07, 6.45) is 0.445. The molecule has 0 radical (unpaired) electrons. The molecule has 7 nitrogen and oxygen atoms in total. The monoisotopic (exact) mass is 426 g/mol. The van der Waals surface area contributed by atoms with E-state index >= 15 is 0 Å². The van der Waals surface area contributed by atoms with E-state index in [-0.39, 0.29) is 16.3 Å². The molecule has 1 N–H and O–H groups in total. The van der Waals surface area contributed by atoms with Crippen molar-refractivity contribution in [3.8, 4) is 5.75 Å². The largest absolute Gasteiger partial charge is 0.497 e. The van der Waals surface area contributed by atoms with Gasteiger partial charge in [0.05, 0.1) is 16.9 Å². The lowest BCUT2D eigenvalue weighted by Crippen LogP contribution is -2.30. The summed E-state index contributed by atoms with van der Waals surface area (Å²) in [5, 5.41) is 0. The highest BCUT2D eigenvalue weighted by Crippen LogP contribution is 2.17. The van der Waals surface area contributed by atoms with Crippen LogP contribution >= 0.6 is 0 Å². The molecule has 0 atom stereocenters. The van der Waals surface area contributed by atoms with Gasteiger partial charge >= 0.3 is 0 Å². The van der Waals surface area contributed by atoms with Crippen LogP contribution in [0.1, 0.15) is 19.4 Å². The van der Waals surface area contributed by atoms with Crippen LogP contribution in [0.15, 0.2) is 58.3 Å². The Balaban J connectivity index is 1.99. The molecule has 0 unspecified atom stereocenters. The van der Waals surface area contributed by atoms with Crippen LogP contribution < -0.4 is 9.46 Å². The first kappa shape index (κ1) is 22.4. The molecule has 2 rings (SSSR count). The first-order valence-corrected chi connectivity index (χ1v) is 11.9. The Morgan fingerprint density at radius 1 is 0.857 bits per heavy atom. The highest BCUT2D eigenvalue weighted by atomic mass is 32.2. The van der Waals surface area contributed by atoms with E-state index in [2.05, 4.69) is 4.72 Å². The maximum absolute atomic E-state index is 12.5. The molecule has 0 aliphatic rings. The van der Waals surface area contributed by atoms with Crippen LogP contribution in [0.4, 0.5) is 0 Å². The first-order chi connectivity index (χ1) is 13.2. The zero-order chi connectivity index (χ0) is 20.8. The van der Waals surface area contributed by atoms with E-state index in [1.165, 1.54) is 23.5 Å². The van der Waals surface area contributed by atoms with Gasteiger partial charge in [0.2, 0.25) is 20.0 Å². The second-order valence-electron chi connectivity index (χ2n) is 6.06. The van der Waals surface area contributed by atoms with Gasteiger partial charge < -0.3 is 4.74 Å². The molecule has 0 aliphatic heterocycles. The topological polar surface area (TPSA) is 92.8 Å². The maximum atomic E-state index is 12.5. The number of benzene rings is 2. The summed E-state index contributed by atoms with van der Waals surface area (Å²) in [6.45, 7) is 4.62. The van der Waals surface area contributed by atoms with Crippen LogP contribution in [0, 0.1) is 0 Å². The molecule has 2 aromatic rings. The highest BCUT2D eigenvalue weighted by molar-refractivity contribution is 7.89. The molecule has 28 heavy (non-hydrogen) atoms. The van der Waals surface area contributed by atoms with Crippen LogP contribution in [0.2, 0.25) is 0 Å². The summed E-state index contributed by atoms with van der Waals surface area (Å²) in [5.74, 6) is 0.582. The lowest BCUT2D eigenvalue weighted by Gasteiger charge is -2.18. The van der Waals surface area contributed by atoms with E-state index in [4.69, 9.17) is 4.74 Å². The average Bonchev–Trinajstić information content (AvgIpc) is 2.69. The van der Waals surface area contributed by atoms with Crippen molar-refractivity contribution in [2.45, 2.75) is 30.1 Å². The third-order valence-corrected chi connectivity index (χ3v) is 7.88. The highest BCUT2D eigenvalue weighted by Gasteiger charge is 2.21. The molecule has 9 heteroatoms. The molecule has 0 saturated heterocycles. The fraction of sp³-hybridized carbons (Fsp3) is 0.368. The molecular weight excluding hydrogens is 400 g/mol. The second-order valence-corrected chi connectivity index (χ2v) is 9.76. The van der Waals surface area contributed by atoms with Crippen molar-refractivity contribution in [2.75, 3.05) is 26.7 Å². The number of hydrogen-bond donors (Lipinski definition) is 1. The van der Waals surface area contributed by atoms with Gasteiger partial charge in [-0.1, -0.05) is 26.0 Å². The minimum Gasteiger partial charge on any atom is -0.497 e. The van der Waals surface area contributed by atoms with Crippen LogP contribution in [0.5, 0.6) is 5.75 Å². The molecule has 0 aromatic heterocycles. The molecule has 0 aliphatic carbocycles. The van der Waals surface area contributed by atoms with E-state index in [1.54, 1.807) is 50.2 Å². The number of nitrogens with zero attached hydrogens (tertiary/aromatic N) is 1. The molecule has 154 valence electrons. The number of hydrogen-bond acceptors (Lipinski definition) is 5. The normalized spacial score (nSPS) is 12.3. The molecule has 2 aromatic carbocycles. The molecular formula is C19H26N2O5S2. The van der Waals surface area contributed by atoms with Crippen molar-refractivity contribution in [2.24, 2.45) is 0 Å². The van der Waals surface area contributed by atoms with Crippen LogP contribution in [0.3, 0.4) is 0 Å². The fourth-order valence-electron chi connectivity index (χ4n) is 2.71. The Bertz CT molecular complexity index is 966. The Kier molecular flexibility index (Phi) is 7.59. The Hall–Kier alpha value is -1.94. The minimum atomic E-state index is -3.61. The predicted molar refractivity (Wildman–Crippen MR) is 108 cm³/mol. The minimum absolute atomic E-state index is 0.161. The molecule has 0 amide bonds. The molecule has 0 fully saturated rings. The van der Waals surface area contributed by atoms with Gasteiger partial charge in [0.1, 0.15) is 5.75 Å². The van der Waals surface area contributed by atoms with Gasteiger partial charge in [-0.2, -0.15) is 4.31 Å². The van der Waals surface area contributed by atoms with Crippen molar-refractivity contribution in [1.29, 1.82) is 0 Å². The van der Waals surface area contributed by atoms with Crippen molar-refractivity contribution >= 4 is 20.0 Å². The van der Waals surface area contributed by atoms with Gasteiger partial charge in [0, 0.05) is 19.6 Å². The second kappa shape index (κ2) is 9.51. The molecule has 0 bridgehead atoms. The van der Waals surface area contributed by atoms with Gasteiger partial charge in [0.15, 0.2) is 0 Å². The number of nitrogens with one attached hydrogen (secondary N) is 1. The summed E-state index contributed by atoms with van der Waals surface area (Å²) in [5.41, 5.74) is 0.843. The first-order valence-electron chi connectivity index (χ1n) is 8.97. The predicted octanol–water partition coefficient (Wildman–Crippen LogP) is 2.25. The number of rotatable bonds is 10. The molecule has 0 spiro atoms. The van der Waals surface area contributed by atoms with Crippen LogP contribution in [0.25, 0.3) is 0 Å². The summed E-state index contributed by atoms with van der Waals surface area (Å²) in [7, 11) is -5.59. The van der Waals surface area contributed by atoms with E-state index in [0.29, 0.717) is 25.3 Å². The number of ether oxygens (including phenoxy) is 1. The Morgan fingerprint density at radius 3 is 1.89 bits per heavy atom. The third kappa shape index (κ3) is 5.32. The lowest BCUT2D eigenvalue weighted by atomic mass is 10.2. The van der Waals surface area contributed by atoms with Crippen molar-refractivity contribution in [1.82, 2.24) is 9.03 Å². The lowest BCUT2D eigenvalue weighted by molar-refractivity contribution is 0.414. The standard InChI is InChI=1S/C19H26N2O5S2/c1-4-21(5-2)28(24,25)19-10-6-16(7-11-19)14-15-20-27(22,23)18-12-8-17(26-3)9-13-18/h6-13,20H,4-5,14-15H2,1-3H3. The van der Waals surface area contributed by atoms with E-state index in [0.717, 1.165) is 5.56 Å².